The second kappa shape index (κ2) is 9.89. The van der Waals surface area contributed by atoms with E-state index in [0.717, 1.165) is 87.5 Å². The van der Waals surface area contributed by atoms with Gasteiger partial charge in [-0.2, -0.15) is 0 Å². The number of ether oxygens (including phenoxy) is 1. The van der Waals surface area contributed by atoms with Crippen molar-refractivity contribution < 1.29 is 9.53 Å². The van der Waals surface area contributed by atoms with Crippen molar-refractivity contribution in [3.63, 3.8) is 0 Å². The van der Waals surface area contributed by atoms with E-state index >= 15 is 0 Å². The Kier molecular flexibility index (Phi) is 6.79. The van der Waals surface area contributed by atoms with Gasteiger partial charge in [-0.15, -0.1) is 6.42 Å². The number of para-hydroxylation sites is 2. The number of fused-ring (bicyclic) bond motifs is 1. The van der Waals surface area contributed by atoms with Gasteiger partial charge >= 0.3 is 0 Å². The van der Waals surface area contributed by atoms with Crippen LogP contribution in [-0.4, -0.2) is 68.6 Å². The first kappa shape index (κ1) is 21.3. The molecule has 0 aromatic heterocycles. The highest BCUT2D eigenvalue weighted by atomic mass is 16.5. The number of hydrogen-bond donors (Lipinski definition) is 0. The van der Waals surface area contributed by atoms with Crippen molar-refractivity contribution in [3.8, 4) is 18.1 Å². The number of hydrogen-bond acceptors (Lipinski definition) is 4. The van der Waals surface area contributed by atoms with Gasteiger partial charge in [0.25, 0.3) is 5.91 Å². The van der Waals surface area contributed by atoms with E-state index in [9.17, 15) is 4.79 Å². The van der Waals surface area contributed by atoms with Crippen molar-refractivity contribution in [1.82, 2.24) is 9.80 Å². The molecule has 4 rings (SSSR count). The standard InChI is InChI=1S/C26H31N3O2/c1-3-21-10-11-23-22(20-21)12-15-29(26(23)30)14-7-6-13-27-16-18-28(19-17-27)24-8-4-5-9-25(24)31-2/h1,4-5,8-11,20H,6-7,12-19H2,2H3. The molecule has 2 aromatic carbocycles. The molecular weight excluding hydrogens is 386 g/mol. The van der Waals surface area contributed by atoms with Crippen LogP contribution in [-0.2, 0) is 6.42 Å². The summed E-state index contributed by atoms with van der Waals surface area (Å²) in [7, 11) is 1.73. The highest BCUT2D eigenvalue weighted by Gasteiger charge is 2.24. The fourth-order valence-electron chi connectivity index (χ4n) is 4.58. The number of amides is 1. The van der Waals surface area contributed by atoms with Crippen LogP contribution in [0.1, 0.15) is 34.3 Å². The van der Waals surface area contributed by atoms with Crippen LogP contribution >= 0.6 is 0 Å². The molecule has 0 bridgehead atoms. The van der Waals surface area contributed by atoms with Gasteiger partial charge in [-0.05, 0) is 61.7 Å². The Morgan fingerprint density at radius 3 is 2.55 bits per heavy atom. The minimum atomic E-state index is 0.148. The number of carbonyl (C=O) groups excluding carboxylic acids is 1. The van der Waals surface area contributed by atoms with E-state index in [1.165, 1.54) is 5.69 Å². The van der Waals surface area contributed by atoms with E-state index in [2.05, 4.69) is 27.9 Å². The molecule has 0 aliphatic carbocycles. The van der Waals surface area contributed by atoms with Crippen molar-refractivity contribution in [2.45, 2.75) is 19.3 Å². The monoisotopic (exact) mass is 417 g/mol. The Morgan fingerprint density at radius 1 is 1.00 bits per heavy atom. The van der Waals surface area contributed by atoms with Crippen LogP contribution in [0.4, 0.5) is 5.69 Å². The number of unbranched alkanes of at least 4 members (excludes halogenated alkanes) is 1. The third-order valence-electron chi connectivity index (χ3n) is 6.39. The summed E-state index contributed by atoms with van der Waals surface area (Å²) in [6, 6.07) is 14.0. The molecule has 5 heteroatoms. The molecule has 0 spiro atoms. The predicted octanol–water partition coefficient (Wildman–Crippen LogP) is 3.28. The average molecular weight is 418 g/mol. The summed E-state index contributed by atoms with van der Waals surface area (Å²) < 4.78 is 5.51. The minimum Gasteiger partial charge on any atom is -0.495 e. The van der Waals surface area contributed by atoms with E-state index in [4.69, 9.17) is 11.2 Å². The van der Waals surface area contributed by atoms with Crippen LogP contribution in [0.25, 0.3) is 0 Å². The maximum absolute atomic E-state index is 12.8. The van der Waals surface area contributed by atoms with Gasteiger partial charge in [-0.1, -0.05) is 18.1 Å². The average Bonchev–Trinajstić information content (AvgIpc) is 2.83. The topological polar surface area (TPSA) is 36.0 Å². The Balaban J connectivity index is 1.20. The highest BCUT2D eigenvalue weighted by Crippen LogP contribution is 2.28. The Morgan fingerprint density at radius 2 is 1.77 bits per heavy atom. The number of rotatable bonds is 7. The number of nitrogens with zero attached hydrogens (tertiary/aromatic N) is 3. The van der Waals surface area contributed by atoms with Crippen molar-refractivity contribution in [3.05, 3.63) is 59.2 Å². The zero-order valence-electron chi connectivity index (χ0n) is 18.3. The highest BCUT2D eigenvalue weighted by molar-refractivity contribution is 5.96. The maximum atomic E-state index is 12.8. The molecule has 1 amide bonds. The van der Waals surface area contributed by atoms with E-state index in [1.807, 2.05) is 35.2 Å². The predicted molar refractivity (Wildman–Crippen MR) is 125 cm³/mol. The summed E-state index contributed by atoms with van der Waals surface area (Å²) in [5, 5.41) is 0. The van der Waals surface area contributed by atoms with E-state index in [-0.39, 0.29) is 5.91 Å². The van der Waals surface area contributed by atoms with Gasteiger partial charge in [-0.25, -0.2) is 0 Å². The van der Waals surface area contributed by atoms with Gasteiger partial charge in [0.2, 0.25) is 0 Å². The van der Waals surface area contributed by atoms with Crippen molar-refractivity contribution in [2.75, 3.05) is 57.8 Å². The van der Waals surface area contributed by atoms with E-state index in [1.54, 1.807) is 7.11 Å². The first-order chi connectivity index (χ1) is 15.2. The lowest BCUT2D eigenvalue weighted by molar-refractivity contribution is 0.0735. The summed E-state index contributed by atoms with van der Waals surface area (Å²) in [5.41, 5.74) is 3.94. The maximum Gasteiger partial charge on any atom is 0.254 e. The molecule has 162 valence electrons. The number of terminal acetylenes is 1. The van der Waals surface area contributed by atoms with Crippen LogP contribution in [0.15, 0.2) is 42.5 Å². The van der Waals surface area contributed by atoms with Gasteiger partial charge in [0.1, 0.15) is 5.75 Å². The largest absolute Gasteiger partial charge is 0.495 e. The fraction of sp³-hybridized carbons (Fsp3) is 0.423. The lowest BCUT2D eigenvalue weighted by atomic mass is 9.96. The minimum absolute atomic E-state index is 0.148. The third-order valence-corrected chi connectivity index (χ3v) is 6.39. The Bertz CT molecular complexity index is 957. The Labute approximate surface area is 185 Å². The summed E-state index contributed by atoms with van der Waals surface area (Å²) in [5.74, 6) is 3.75. The van der Waals surface area contributed by atoms with Gasteiger partial charge in [0.15, 0.2) is 0 Å². The zero-order chi connectivity index (χ0) is 21.6. The molecule has 0 radical (unpaired) electrons. The summed E-state index contributed by atoms with van der Waals surface area (Å²) >= 11 is 0. The molecule has 2 aliphatic heterocycles. The summed E-state index contributed by atoms with van der Waals surface area (Å²) in [6.45, 7) is 6.86. The molecule has 0 saturated carbocycles. The first-order valence-electron chi connectivity index (χ1n) is 11.2. The second-order valence-electron chi connectivity index (χ2n) is 8.27. The second-order valence-corrected chi connectivity index (χ2v) is 8.27. The molecule has 0 atom stereocenters. The first-order valence-corrected chi connectivity index (χ1v) is 11.2. The number of carbonyl (C=O) groups is 1. The van der Waals surface area contributed by atoms with E-state index in [0.29, 0.717) is 0 Å². The number of piperazine rings is 1. The molecule has 2 aliphatic rings. The van der Waals surface area contributed by atoms with Crippen LogP contribution in [0.3, 0.4) is 0 Å². The SMILES string of the molecule is C#Cc1ccc2c(c1)CCN(CCCCN1CCN(c3ccccc3OC)CC1)C2=O. The number of benzene rings is 2. The molecule has 2 aromatic rings. The van der Waals surface area contributed by atoms with Gasteiger partial charge < -0.3 is 14.5 Å². The number of anilines is 1. The van der Waals surface area contributed by atoms with Crippen LogP contribution in [0, 0.1) is 12.3 Å². The molecule has 1 saturated heterocycles. The fourth-order valence-corrected chi connectivity index (χ4v) is 4.58. The van der Waals surface area contributed by atoms with E-state index < -0.39 is 0 Å². The van der Waals surface area contributed by atoms with Crippen LogP contribution in [0.5, 0.6) is 5.75 Å². The smallest absolute Gasteiger partial charge is 0.254 e. The summed E-state index contributed by atoms with van der Waals surface area (Å²) in [6.07, 6.45) is 8.52. The number of methoxy groups -OCH3 is 1. The molecule has 31 heavy (non-hydrogen) atoms. The zero-order valence-corrected chi connectivity index (χ0v) is 18.3. The lowest BCUT2D eigenvalue weighted by Gasteiger charge is -2.36. The molecule has 2 heterocycles. The van der Waals surface area contributed by atoms with Gasteiger partial charge in [-0.3, -0.25) is 9.69 Å². The third kappa shape index (κ3) is 4.86. The van der Waals surface area contributed by atoms with Crippen molar-refractivity contribution in [2.24, 2.45) is 0 Å². The van der Waals surface area contributed by atoms with Crippen molar-refractivity contribution >= 4 is 11.6 Å². The Hall–Kier alpha value is -2.97. The van der Waals surface area contributed by atoms with Gasteiger partial charge in [0, 0.05) is 50.4 Å². The summed E-state index contributed by atoms with van der Waals surface area (Å²) in [4.78, 5) is 19.7. The van der Waals surface area contributed by atoms with Gasteiger partial charge in [0.05, 0.1) is 12.8 Å². The lowest BCUT2D eigenvalue weighted by Crippen LogP contribution is -2.46. The molecule has 0 unspecified atom stereocenters. The normalized spacial score (nSPS) is 16.7. The van der Waals surface area contributed by atoms with Crippen LogP contribution in [0.2, 0.25) is 0 Å². The quantitative estimate of drug-likeness (QED) is 0.512. The molecule has 5 nitrogen and oxygen atoms in total. The molecular formula is C26H31N3O2. The molecule has 1 fully saturated rings. The van der Waals surface area contributed by atoms with Crippen LogP contribution < -0.4 is 9.64 Å². The van der Waals surface area contributed by atoms with Crippen molar-refractivity contribution in [1.29, 1.82) is 0 Å². The molecule has 0 N–H and O–H groups in total.